The van der Waals surface area contributed by atoms with E-state index < -0.39 is 6.10 Å². The molecule has 0 N–H and O–H groups in total. The van der Waals surface area contributed by atoms with Crippen LogP contribution in [-0.4, -0.2) is 37.2 Å². The van der Waals surface area contributed by atoms with Crippen molar-refractivity contribution < 1.29 is 28.6 Å². The van der Waals surface area contributed by atoms with Gasteiger partial charge in [-0.3, -0.25) is 14.4 Å². The average molecular weight is 1170 g/mol. The maximum absolute atomic E-state index is 13.0. The molecule has 0 aromatic heterocycles. The first kappa shape index (κ1) is 80.9. The molecule has 0 saturated heterocycles. The van der Waals surface area contributed by atoms with Crippen molar-refractivity contribution in [3.8, 4) is 0 Å². The standard InChI is InChI=1S/C77H146O6/c1-4-7-10-13-16-19-22-25-28-30-32-33-34-35-36-37-38-39-40-41-42-43-44-45-46-48-49-52-55-58-61-64-67-70-76(79)82-73-74(72-81-75(78)69-66-63-60-57-54-51-27-24-21-18-15-12-9-6-3)83-77(80)71-68-65-62-59-56-53-50-47-31-29-26-23-20-17-14-11-8-5-2/h22,25,30,32,74H,4-21,23-24,26-29,31,33-73H2,1-3H3/b25-22-,32-30-. The summed E-state index contributed by atoms with van der Waals surface area (Å²) in [6.07, 6.45) is 89.4. The normalized spacial score (nSPS) is 12.1. The van der Waals surface area contributed by atoms with Crippen LogP contribution in [0.1, 0.15) is 432 Å². The summed E-state index contributed by atoms with van der Waals surface area (Å²) in [5.41, 5.74) is 0. The molecule has 1 unspecified atom stereocenters. The van der Waals surface area contributed by atoms with Crippen LogP contribution in [-0.2, 0) is 28.6 Å². The quantitative estimate of drug-likeness (QED) is 0.0261. The second-order valence-electron chi connectivity index (χ2n) is 25.9. The Bertz CT molecular complexity index is 1340. The van der Waals surface area contributed by atoms with Crippen LogP contribution < -0.4 is 0 Å². The van der Waals surface area contributed by atoms with Crippen LogP contribution in [0.15, 0.2) is 24.3 Å². The predicted molar refractivity (Wildman–Crippen MR) is 363 cm³/mol. The van der Waals surface area contributed by atoms with Gasteiger partial charge in [-0.2, -0.15) is 0 Å². The van der Waals surface area contributed by atoms with Crippen LogP contribution in [0.4, 0.5) is 0 Å². The number of ether oxygens (including phenoxy) is 3. The number of carbonyl (C=O) groups is 3. The summed E-state index contributed by atoms with van der Waals surface area (Å²) in [4.78, 5) is 38.5. The van der Waals surface area contributed by atoms with Gasteiger partial charge in [-0.05, 0) is 51.4 Å². The van der Waals surface area contributed by atoms with Gasteiger partial charge in [0.2, 0.25) is 0 Å². The molecule has 0 bridgehead atoms. The van der Waals surface area contributed by atoms with E-state index in [2.05, 4.69) is 45.1 Å². The molecule has 0 aliphatic carbocycles. The largest absolute Gasteiger partial charge is 0.462 e. The highest BCUT2D eigenvalue weighted by molar-refractivity contribution is 5.71. The lowest BCUT2D eigenvalue weighted by atomic mass is 10.0. The van der Waals surface area contributed by atoms with Crippen molar-refractivity contribution in [3.05, 3.63) is 24.3 Å². The van der Waals surface area contributed by atoms with Crippen LogP contribution in [0.3, 0.4) is 0 Å². The van der Waals surface area contributed by atoms with Crippen molar-refractivity contribution >= 4 is 17.9 Å². The molecule has 490 valence electrons. The zero-order valence-corrected chi connectivity index (χ0v) is 56.5. The Hall–Kier alpha value is -2.11. The lowest BCUT2D eigenvalue weighted by Gasteiger charge is -2.18. The molecule has 0 amide bonds. The summed E-state index contributed by atoms with van der Waals surface area (Å²) in [7, 11) is 0. The topological polar surface area (TPSA) is 78.9 Å². The van der Waals surface area contributed by atoms with Crippen LogP contribution in [0.5, 0.6) is 0 Å². The second kappa shape index (κ2) is 72.4. The van der Waals surface area contributed by atoms with Gasteiger partial charge >= 0.3 is 17.9 Å². The van der Waals surface area contributed by atoms with E-state index in [9.17, 15) is 14.4 Å². The molecule has 0 saturated carbocycles. The first-order valence-electron chi connectivity index (χ1n) is 37.8. The van der Waals surface area contributed by atoms with Crippen molar-refractivity contribution in [2.24, 2.45) is 0 Å². The Balaban J connectivity index is 4.11. The number of hydrogen-bond donors (Lipinski definition) is 0. The molecule has 0 aromatic rings. The summed E-state index contributed by atoms with van der Waals surface area (Å²) < 4.78 is 17.0. The van der Waals surface area contributed by atoms with E-state index in [4.69, 9.17) is 14.2 Å². The highest BCUT2D eigenvalue weighted by Crippen LogP contribution is 2.19. The van der Waals surface area contributed by atoms with Crippen molar-refractivity contribution in [3.63, 3.8) is 0 Å². The maximum Gasteiger partial charge on any atom is 0.306 e. The summed E-state index contributed by atoms with van der Waals surface area (Å²) in [6, 6.07) is 0. The number of unbranched alkanes of at least 4 members (excludes halogenated alkanes) is 56. The Morgan fingerprint density at radius 2 is 0.434 bits per heavy atom. The molecule has 83 heavy (non-hydrogen) atoms. The van der Waals surface area contributed by atoms with Gasteiger partial charge in [-0.15, -0.1) is 0 Å². The monoisotopic (exact) mass is 1170 g/mol. The van der Waals surface area contributed by atoms with Gasteiger partial charge in [-0.1, -0.05) is 385 Å². The molecule has 0 heterocycles. The van der Waals surface area contributed by atoms with E-state index >= 15 is 0 Å². The molecule has 6 nitrogen and oxygen atoms in total. The first-order valence-corrected chi connectivity index (χ1v) is 37.8. The Labute approximate surface area is 519 Å². The fraction of sp³-hybridized carbons (Fsp3) is 0.909. The van der Waals surface area contributed by atoms with Crippen LogP contribution >= 0.6 is 0 Å². The fourth-order valence-electron chi connectivity index (χ4n) is 11.8. The lowest BCUT2D eigenvalue weighted by Crippen LogP contribution is -2.30. The van der Waals surface area contributed by atoms with E-state index in [1.165, 1.54) is 327 Å². The van der Waals surface area contributed by atoms with Gasteiger partial charge in [0.25, 0.3) is 0 Å². The van der Waals surface area contributed by atoms with Crippen LogP contribution in [0.25, 0.3) is 0 Å². The van der Waals surface area contributed by atoms with Crippen molar-refractivity contribution in [1.29, 1.82) is 0 Å². The number of hydrogen-bond acceptors (Lipinski definition) is 6. The third kappa shape index (κ3) is 70.5. The lowest BCUT2D eigenvalue weighted by molar-refractivity contribution is -0.167. The summed E-state index contributed by atoms with van der Waals surface area (Å²) in [5, 5.41) is 0. The van der Waals surface area contributed by atoms with E-state index in [-0.39, 0.29) is 31.1 Å². The molecule has 0 radical (unpaired) electrons. The fourth-order valence-corrected chi connectivity index (χ4v) is 11.8. The number of esters is 3. The smallest absolute Gasteiger partial charge is 0.306 e. The number of allylic oxidation sites excluding steroid dienone is 4. The minimum Gasteiger partial charge on any atom is -0.462 e. The van der Waals surface area contributed by atoms with Gasteiger partial charge in [0.1, 0.15) is 13.2 Å². The van der Waals surface area contributed by atoms with Gasteiger partial charge in [0, 0.05) is 19.3 Å². The third-order valence-corrected chi connectivity index (χ3v) is 17.5. The summed E-state index contributed by atoms with van der Waals surface area (Å²) in [5.74, 6) is -0.824. The van der Waals surface area contributed by atoms with E-state index in [1.807, 2.05) is 0 Å². The minimum absolute atomic E-state index is 0.0623. The van der Waals surface area contributed by atoms with Gasteiger partial charge in [0.15, 0.2) is 6.10 Å². The zero-order chi connectivity index (χ0) is 59.9. The molecule has 0 aliphatic heterocycles. The minimum atomic E-state index is -0.766. The molecule has 0 spiro atoms. The Kier molecular flexibility index (Phi) is 70.5. The van der Waals surface area contributed by atoms with Crippen LogP contribution in [0, 0.1) is 0 Å². The van der Waals surface area contributed by atoms with E-state index in [1.54, 1.807) is 0 Å². The summed E-state index contributed by atoms with van der Waals surface area (Å²) in [6.45, 7) is 6.72. The molecular formula is C77H146O6. The predicted octanol–water partition coefficient (Wildman–Crippen LogP) is 26.1. The average Bonchev–Trinajstić information content (AvgIpc) is 3.49. The highest BCUT2D eigenvalue weighted by Gasteiger charge is 2.20. The highest BCUT2D eigenvalue weighted by atomic mass is 16.6. The van der Waals surface area contributed by atoms with E-state index in [0.29, 0.717) is 19.3 Å². The van der Waals surface area contributed by atoms with E-state index in [0.717, 1.165) is 64.2 Å². The number of rotatable bonds is 71. The van der Waals surface area contributed by atoms with Crippen molar-refractivity contribution in [2.45, 2.75) is 438 Å². The van der Waals surface area contributed by atoms with Crippen molar-refractivity contribution in [1.82, 2.24) is 0 Å². The zero-order valence-electron chi connectivity index (χ0n) is 56.5. The molecule has 1 atom stereocenters. The SMILES string of the molecule is CCCCCCC/C=C\C/C=C\CCCCCCCCCCCCCCCCCCCCCCCC(=O)OCC(COC(=O)CCCCCCCCCCCCCCCC)OC(=O)CCCCCCCCCCCCCCCCCCCC. The molecule has 0 aliphatic rings. The Morgan fingerprint density at radius 1 is 0.241 bits per heavy atom. The van der Waals surface area contributed by atoms with Gasteiger partial charge in [-0.25, -0.2) is 0 Å². The van der Waals surface area contributed by atoms with Gasteiger partial charge in [0.05, 0.1) is 0 Å². The van der Waals surface area contributed by atoms with Crippen LogP contribution in [0.2, 0.25) is 0 Å². The molecular weight excluding hydrogens is 1020 g/mol. The number of carbonyl (C=O) groups excluding carboxylic acids is 3. The Morgan fingerprint density at radius 3 is 0.663 bits per heavy atom. The third-order valence-electron chi connectivity index (χ3n) is 17.5. The van der Waals surface area contributed by atoms with Crippen molar-refractivity contribution in [2.75, 3.05) is 13.2 Å². The van der Waals surface area contributed by atoms with Gasteiger partial charge < -0.3 is 14.2 Å². The summed E-state index contributed by atoms with van der Waals surface area (Å²) >= 11 is 0. The molecule has 6 heteroatoms. The molecule has 0 aromatic carbocycles. The first-order chi connectivity index (χ1) is 41.0. The molecule has 0 fully saturated rings. The maximum atomic E-state index is 13.0. The molecule has 0 rings (SSSR count). The second-order valence-corrected chi connectivity index (χ2v) is 25.9.